The number of nitrogens with zero attached hydrogens (tertiary/aromatic N) is 2. The molecule has 0 saturated heterocycles. The fourth-order valence-electron chi connectivity index (χ4n) is 4.06. The first kappa shape index (κ1) is 27.3. The summed E-state index contributed by atoms with van der Waals surface area (Å²) in [6.07, 6.45) is 6.18. The number of allylic oxidation sites excluding steroid dienone is 4. The highest BCUT2D eigenvalue weighted by molar-refractivity contribution is 6.31. The number of carbonyl (C=O) groups excluding carboxylic acids is 1. The van der Waals surface area contributed by atoms with Gasteiger partial charge in [0, 0.05) is 23.6 Å². The average Bonchev–Trinajstić information content (AvgIpc) is 3.22. The van der Waals surface area contributed by atoms with Crippen LogP contribution in [0.4, 0.5) is 0 Å². The van der Waals surface area contributed by atoms with E-state index in [4.69, 9.17) is 21.3 Å². The van der Waals surface area contributed by atoms with E-state index in [0.29, 0.717) is 41.4 Å². The van der Waals surface area contributed by atoms with Gasteiger partial charge in [0.05, 0.1) is 23.2 Å². The second-order valence-corrected chi connectivity index (χ2v) is 9.77. The molecule has 1 heterocycles. The zero-order valence-electron chi connectivity index (χ0n) is 21.4. The Kier molecular flexibility index (Phi) is 9.54. The highest BCUT2D eigenvalue weighted by Gasteiger charge is 2.17. The summed E-state index contributed by atoms with van der Waals surface area (Å²) in [5, 5.41) is 11.1. The molecular formula is C30H35ClN2O3. The van der Waals surface area contributed by atoms with Gasteiger partial charge >= 0.3 is 0 Å². The molecule has 1 aromatic heterocycles. The third-order valence-electron chi connectivity index (χ3n) is 6.02. The minimum Gasteiger partial charge on any atom is -0.507 e. The number of hydrogen-bond acceptors (Lipinski definition) is 4. The largest absolute Gasteiger partial charge is 0.507 e. The van der Waals surface area contributed by atoms with E-state index in [0.717, 1.165) is 41.8 Å². The molecule has 6 heteroatoms. The normalized spacial score (nSPS) is 11.8. The number of phenolic OH excluding ortho intramolecular Hbond substituents is 1. The van der Waals surface area contributed by atoms with Crippen molar-refractivity contribution in [2.75, 3.05) is 6.61 Å². The summed E-state index contributed by atoms with van der Waals surface area (Å²) in [4.78, 5) is 17.2. The molecule has 0 saturated carbocycles. The molecule has 0 bridgehead atoms. The van der Waals surface area contributed by atoms with Gasteiger partial charge in [-0.25, -0.2) is 4.98 Å². The molecule has 1 N–H and O–H groups in total. The summed E-state index contributed by atoms with van der Waals surface area (Å²) in [7, 11) is 0. The van der Waals surface area contributed by atoms with Crippen molar-refractivity contribution in [2.24, 2.45) is 5.92 Å². The van der Waals surface area contributed by atoms with E-state index in [2.05, 4.69) is 23.8 Å². The third kappa shape index (κ3) is 6.67. The van der Waals surface area contributed by atoms with E-state index in [1.165, 1.54) is 0 Å². The Morgan fingerprint density at radius 1 is 1.22 bits per heavy atom. The summed E-state index contributed by atoms with van der Waals surface area (Å²) in [6.45, 7) is 14.9. The summed E-state index contributed by atoms with van der Waals surface area (Å²) >= 11 is 6.08. The van der Waals surface area contributed by atoms with Crippen molar-refractivity contribution in [1.82, 2.24) is 9.55 Å². The summed E-state index contributed by atoms with van der Waals surface area (Å²) in [6, 6.07) is 11.5. The number of para-hydroxylation sites is 2. The molecule has 3 rings (SSSR count). The molecule has 0 unspecified atom stereocenters. The summed E-state index contributed by atoms with van der Waals surface area (Å²) in [5.41, 5.74) is 3.84. The van der Waals surface area contributed by atoms with Gasteiger partial charge in [0.15, 0.2) is 5.78 Å². The van der Waals surface area contributed by atoms with Gasteiger partial charge in [0.2, 0.25) is 0 Å². The van der Waals surface area contributed by atoms with E-state index in [1.807, 2.05) is 38.1 Å². The number of Topliss-reactive ketones (excluding diaryl/α,β-unsaturated/α-hetero) is 1. The number of carbonyl (C=O) groups is 1. The van der Waals surface area contributed by atoms with Gasteiger partial charge in [0.25, 0.3) is 0 Å². The molecule has 0 radical (unpaired) electrons. The monoisotopic (exact) mass is 506 g/mol. The lowest BCUT2D eigenvalue weighted by atomic mass is 9.98. The van der Waals surface area contributed by atoms with Crippen LogP contribution < -0.4 is 4.74 Å². The topological polar surface area (TPSA) is 64.4 Å². The molecule has 0 fully saturated rings. The lowest BCUT2D eigenvalue weighted by Crippen LogP contribution is -2.07. The van der Waals surface area contributed by atoms with E-state index in [-0.39, 0.29) is 17.5 Å². The first-order valence-corrected chi connectivity index (χ1v) is 12.7. The van der Waals surface area contributed by atoms with Crippen LogP contribution in [-0.4, -0.2) is 27.0 Å². The van der Waals surface area contributed by atoms with E-state index in [1.54, 1.807) is 25.1 Å². The number of halogens is 1. The molecule has 5 nitrogen and oxygen atoms in total. The molecule has 2 aromatic carbocycles. The number of ketones is 1. The number of hydrogen-bond donors (Lipinski definition) is 1. The molecular weight excluding hydrogens is 472 g/mol. The minimum absolute atomic E-state index is 0.0109. The minimum atomic E-state index is -0.0515. The summed E-state index contributed by atoms with van der Waals surface area (Å²) in [5.74, 6) is 1.65. The smallest absolute Gasteiger partial charge is 0.166 e. The van der Waals surface area contributed by atoms with Crippen LogP contribution in [-0.2, 0) is 6.54 Å². The van der Waals surface area contributed by atoms with Gasteiger partial charge in [-0.3, -0.25) is 4.79 Å². The van der Waals surface area contributed by atoms with Gasteiger partial charge in [-0.15, -0.1) is 0 Å². The Morgan fingerprint density at radius 2 is 1.97 bits per heavy atom. The van der Waals surface area contributed by atoms with Crippen LogP contribution in [0.25, 0.3) is 16.6 Å². The number of rotatable bonds is 13. The lowest BCUT2D eigenvalue weighted by Gasteiger charge is -2.14. The predicted molar refractivity (Wildman–Crippen MR) is 149 cm³/mol. The Balaban J connectivity index is 1.63. The van der Waals surface area contributed by atoms with E-state index >= 15 is 0 Å². The lowest BCUT2D eigenvalue weighted by molar-refractivity contribution is 0.0965. The van der Waals surface area contributed by atoms with Crippen molar-refractivity contribution in [3.05, 3.63) is 83.7 Å². The molecule has 3 aromatic rings. The fourth-order valence-corrected chi connectivity index (χ4v) is 4.14. The number of phenols is 1. The fraction of sp³-hybridized carbons (Fsp3) is 0.333. The van der Waals surface area contributed by atoms with Gasteiger partial charge in [-0.05, 0) is 61.9 Å². The van der Waals surface area contributed by atoms with Gasteiger partial charge in [0.1, 0.15) is 17.3 Å². The molecule has 0 aliphatic carbocycles. The Hall–Kier alpha value is -3.31. The van der Waals surface area contributed by atoms with Crippen LogP contribution in [0.2, 0.25) is 0 Å². The Morgan fingerprint density at radius 3 is 2.69 bits per heavy atom. The van der Waals surface area contributed by atoms with Crippen molar-refractivity contribution in [2.45, 2.75) is 53.0 Å². The molecule has 190 valence electrons. The van der Waals surface area contributed by atoms with Crippen LogP contribution >= 0.6 is 11.6 Å². The van der Waals surface area contributed by atoms with Crippen LogP contribution in [0.1, 0.15) is 61.3 Å². The van der Waals surface area contributed by atoms with Crippen molar-refractivity contribution >= 4 is 34.0 Å². The molecule has 36 heavy (non-hydrogen) atoms. The second-order valence-electron chi connectivity index (χ2n) is 9.34. The molecule has 0 aliphatic heterocycles. The number of aromatic hydroxyl groups is 1. The maximum Gasteiger partial charge on any atom is 0.166 e. The Bertz CT molecular complexity index is 1290. The van der Waals surface area contributed by atoms with Crippen LogP contribution in [0, 0.1) is 12.8 Å². The number of benzene rings is 2. The number of fused-ring (bicyclic) bond motifs is 1. The number of aromatic nitrogens is 2. The van der Waals surface area contributed by atoms with Crippen molar-refractivity contribution in [1.29, 1.82) is 0 Å². The SMILES string of the molecule is C=CC(Cl)=CCC(=C)c1nc2ccccc2n1CCCCOc1ccc(C(=O)CC(C)C)c(O)c1C. The van der Waals surface area contributed by atoms with Crippen LogP contribution in [0.5, 0.6) is 11.5 Å². The zero-order valence-corrected chi connectivity index (χ0v) is 22.1. The first-order chi connectivity index (χ1) is 17.2. The van der Waals surface area contributed by atoms with E-state index in [9.17, 15) is 9.90 Å². The molecule has 0 atom stereocenters. The molecule has 0 amide bonds. The van der Waals surface area contributed by atoms with E-state index < -0.39 is 0 Å². The standard InChI is InChI=1S/C30H35ClN2O3/c1-6-23(31)14-13-21(4)30-32-25-11-7-8-12-26(25)33(30)17-9-10-18-36-28-16-15-24(29(35)22(28)5)27(34)19-20(2)3/h6-8,11-12,14-16,20,35H,1,4,9-10,13,17-19H2,2-3,5H3. The van der Waals surface area contributed by atoms with Gasteiger partial charge < -0.3 is 14.4 Å². The quantitative estimate of drug-likeness (QED) is 0.145. The maximum atomic E-state index is 12.4. The average molecular weight is 507 g/mol. The summed E-state index contributed by atoms with van der Waals surface area (Å²) < 4.78 is 8.14. The number of ether oxygens (including phenoxy) is 1. The second kappa shape index (κ2) is 12.6. The number of unbranched alkanes of at least 4 members (excludes halogenated alkanes) is 1. The third-order valence-corrected chi connectivity index (χ3v) is 6.33. The molecule has 0 spiro atoms. The van der Waals surface area contributed by atoms with Crippen molar-refractivity contribution in [3.8, 4) is 11.5 Å². The number of aryl methyl sites for hydroxylation is 1. The Labute approximate surface area is 218 Å². The van der Waals surface area contributed by atoms with Crippen molar-refractivity contribution in [3.63, 3.8) is 0 Å². The van der Waals surface area contributed by atoms with Crippen molar-refractivity contribution < 1.29 is 14.6 Å². The first-order valence-electron chi connectivity index (χ1n) is 12.3. The van der Waals surface area contributed by atoms with Gasteiger partial charge in [-0.1, -0.05) is 62.9 Å². The van der Waals surface area contributed by atoms with Crippen LogP contribution in [0.15, 0.2) is 66.7 Å². The highest BCUT2D eigenvalue weighted by Crippen LogP contribution is 2.32. The zero-order chi connectivity index (χ0) is 26.2. The number of imidazole rings is 1. The highest BCUT2D eigenvalue weighted by atomic mass is 35.5. The van der Waals surface area contributed by atoms with Gasteiger partial charge in [-0.2, -0.15) is 0 Å². The van der Waals surface area contributed by atoms with Crippen LogP contribution in [0.3, 0.4) is 0 Å². The predicted octanol–water partition coefficient (Wildman–Crippen LogP) is 7.85. The molecule has 0 aliphatic rings. The maximum absolute atomic E-state index is 12.4.